The predicted octanol–water partition coefficient (Wildman–Crippen LogP) is 1.79. The number of nitrogens with zero attached hydrogens (tertiary/aromatic N) is 1. The third-order valence-corrected chi connectivity index (χ3v) is 3.36. The second-order valence-corrected chi connectivity index (χ2v) is 4.71. The van der Waals surface area contributed by atoms with Crippen LogP contribution in [0, 0.1) is 0 Å². The van der Waals surface area contributed by atoms with E-state index in [1.165, 1.54) is 4.90 Å². The summed E-state index contributed by atoms with van der Waals surface area (Å²) in [5.41, 5.74) is 0. The van der Waals surface area contributed by atoms with Crippen LogP contribution in [-0.4, -0.2) is 41.1 Å². The van der Waals surface area contributed by atoms with Gasteiger partial charge in [0.2, 0.25) is 0 Å². The Bertz CT molecular complexity index is 491. The summed E-state index contributed by atoms with van der Waals surface area (Å²) in [5.74, 6) is -0.878. The van der Waals surface area contributed by atoms with Gasteiger partial charge >= 0.3 is 5.97 Å². The molecule has 1 N–H and O–H groups in total. The van der Waals surface area contributed by atoms with Crippen molar-refractivity contribution in [3.63, 3.8) is 0 Å². The Morgan fingerprint density at radius 3 is 2.84 bits per heavy atom. The van der Waals surface area contributed by atoms with Gasteiger partial charge in [0, 0.05) is 6.54 Å². The van der Waals surface area contributed by atoms with Gasteiger partial charge in [0.15, 0.2) is 6.61 Å². The van der Waals surface area contributed by atoms with Gasteiger partial charge in [-0.05, 0) is 25.0 Å². The van der Waals surface area contributed by atoms with Crippen molar-refractivity contribution in [2.24, 2.45) is 0 Å². The lowest BCUT2D eigenvalue weighted by atomic mass is 10.2. The average Bonchev–Trinajstić information content (AvgIpc) is 2.87. The van der Waals surface area contributed by atoms with E-state index in [-0.39, 0.29) is 12.5 Å². The lowest BCUT2D eigenvalue weighted by Gasteiger charge is -2.21. The molecule has 0 bridgehead atoms. The van der Waals surface area contributed by atoms with Gasteiger partial charge in [0.1, 0.15) is 11.8 Å². The van der Waals surface area contributed by atoms with Crippen LogP contribution >= 0.6 is 11.6 Å². The van der Waals surface area contributed by atoms with Gasteiger partial charge in [-0.3, -0.25) is 4.79 Å². The number of para-hydroxylation sites is 1. The minimum atomic E-state index is -0.969. The van der Waals surface area contributed by atoms with Crippen molar-refractivity contribution in [1.29, 1.82) is 0 Å². The molecular formula is C13H14ClNO4. The maximum absolute atomic E-state index is 11.9. The third kappa shape index (κ3) is 3.17. The van der Waals surface area contributed by atoms with E-state index in [2.05, 4.69) is 0 Å². The summed E-state index contributed by atoms with van der Waals surface area (Å²) >= 11 is 5.90. The molecule has 1 amide bonds. The molecule has 0 aliphatic carbocycles. The van der Waals surface area contributed by atoms with Crippen molar-refractivity contribution in [1.82, 2.24) is 4.90 Å². The van der Waals surface area contributed by atoms with Crippen LogP contribution in [0.2, 0.25) is 5.02 Å². The topological polar surface area (TPSA) is 66.8 Å². The molecule has 1 fully saturated rings. The Kier molecular flexibility index (Phi) is 4.27. The quantitative estimate of drug-likeness (QED) is 0.915. The molecule has 1 aliphatic heterocycles. The normalized spacial score (nSPS) is 18.4. The van der Waals surface area contributed by atoms with Crippen LogP contribution in [-0.2, 0) is 9.59 Å². The number of hydrogen-bond acceptors (Lipinski definition) is 3. The number of carbonyl (C=O) groups is 2. The predicted molar refractivity (Wildman–Crippen MR) is 69.3 cm³/mol. The number of carboxylic acids is 1. The van der Waals surface area contributed by atoms with E-state index in [4.69, 9.17) is 21.4 Å². The van der Waals surface area contributed by atoms with Crippen LogP contribution in [0.25, 0.3) is 0 Å². The first-order valence-corrected chi connectivity index (χ1v) is 6.37. The lowest BCUT2D eigenvalue weighted by molar-refractivity contribution is -0.148. The molecule has 0 saturated carbocycles. The van der Waals surface area contributed by atoms with Gasteiger partial charge in [0.05, 0.1) is 5.02 Å². The zero-order valence-corrected chi connectivity index (χ0v) is 11.0. The molecule has 1 heterocycles. The van der Waals surface area contributed by atoms with Gasteiger partial charge in [-0.2, -0.15) is 0 Å². The number of ether oxygens (including phenoxy) is 1. The molecule has 6 heteroatoms. The number of halogens is 1. The number of benzene rings is 1. The van der Waals surface area contributed by atoms with E-state index in [1.807, 2.05) is 0 Å². The van der Waals surface area contributed by atoms with Crippen LogP contribution in [0.3, 0.4) is 0 Å². The first kappa shape index (κ1) is 13.7. The number of carbonyl (C=O) groups excluding carboxylic acids is 1. The molecule has 0 radical (unpaired) electrons. The minimum Gasteiger partial charge on any atom is -0.482 e. The molecule has 1 aliphatic rings. The maximum Gasteiger partial charge on any atom is 0.326 e. The van der Waals surface area contributed by atoms with Crippen molar-refractivity contribution >= 4 is 23.5 Å². The second-order valence-electron chi connectivity index (χ2n) is 4.30. The summed E-state index contributed by atoms with van der Waals surface area (Å²) in [4.78, 5) is 24.3. The smallest absolute Gasteiger partial charge is 0.326 e. The highest BCUT2D eigenvalue weighted by Gasteiger charge is 2.33. The number of hydrogen-bond donors (Lipinski definition) is 1. The van der Waals surface area contributed by atoms with E-state index >= 15 is 0 Å². The van der Waals surface area contributed by atoms with Gasteiger partial charge in [0.25, 0.3) is 5.91 Å². The largest absolute Gasteiger partial charge is 0.482 e. The Morgan fingerprint density at radius 2 is 2.16 bits per heavy atom. The fraction of sp³-hybridized carbons (Fsp3) is 0.385. The minimum absolute atomic E-state index is 0.201. The molecule has 0 unspecified atom stereocenters. The molecule has 2 rings (SSSR count). The molecule has 1 saturated heterocycles. The molecule has 0 aromatic heterocycles. The van der Waals surface area contributed by atoms with Crippen LogP contribution in [0.5, 0.6) is 5.75 Å². The molecule has 0 spiro atoms. The van der Waals surface area contributed by atoms with Gasteiger partial charge < -0.3 is 14.7 Å². The Morgan fingerprint density at radius 1 is 1.42 bits per heavy atom. The van der Waals surface area contributed by atoms with Crippen LogP contribution in [0.15, 0.2) is 24.3 Å². The van der Waals surface area contributed by atoms with Crippen molar-refractivity contribution < 1.29 is 19.4 Å². The summed E-state index contributed by atoms with van der Waals surface area (Å²) in [7, 11) is 0. The Hall–Kier alpha value is -1.75. The molecule has 102 valence electrons. The first-order chi connectivity index (χ1) is 9.09. The SMILES string of the molecule is O=C(O)[C@H]1CCCN1C(=O)COc1ccccc1Cl. The summed E-state index contributed by atoms with van der Waals surface area (Å²) in [6.45, 7) is 0.259. The summed E-state index contributed by atoms with van der Waals surface area (Å²) in [5, 5.41) is 9.43. The fourth-order valence-electron chi connectivity index (χ4n) is 2.11. The van der Waals surface area contributed by atoms with E-state index in [0.29, 0.717) is 30.2 Å². The fourth-order valence-corrected chi connectivity index (χ4v) is 2.30. The van der Waals surface area contributed by atoms with Gasteiger partial charge in [-0.25, -0.2) is 4.79 Å². The van der Waals surface area contributed by atoms with E-state index in [1.54, 1.807) is 24.3 Å². The third-order valence-electron chi connectivity index (χ3n) is 3.05. The lowest BCUT2D eigenvalue weighted by Crippen LogP contribution is -2.42. The van der Waals surface area contributed by atoms with Crippen molar-refractivity contribution in [2.75, 3.05) is 13.2 Å². The Balaban J connectivity index is 1.95. The van der Waals surface area contributed by atoms with Crippen LogP contribution in [0.4, 0.5) is 0 Å². The van der Waals surface area contributed by atoms with E-state index in [9.17, 15) is 9.59 Å². The highest BCUT2D eigenvalue weighted by molar-refractivity contribution is 6.32. The van der Waals surface area contributed by atoms with Crippen molar-refractivity contribution in [3.05, 3.63) is 29.3 Å². The van der Waals surface area contributed by atoms with E-state index < -0.39 is 12.0 Å². The highest BCUT2D eigenvalue weighted by atomic mass is 35.5. The number of amides is 1. The zero-order valence-electron chi connectivity index (χ0n) is 10.2. The summed E-state index contributed by atoms with van der Waals surface area (Å²) < 4.78 is 5.32. The molecule has 1 aromatic rings. The second kappa shape index (κ2) is 5.93. The number of carboxylic acid groups (broad SMARTS) is 1. The average molecular weight is 284 g/mol. The first-order valence-electron chi connectivity index (χ1n) is 5.99. The molecule has 5 nitrogen and oxygen atoms in total. The number of likely N-dealkylation sites (tertiary alicyclic amines) is 1. The molecule has 1 atom stereocenters. The van der Waals surface area contributed by atoms with Crippen molar-refractivity contribution in [2.45, 2.75) is 18.9 Å². The Labute approximate surface area is 115 Å². The van der Waals surface area contributed by atoms with Crippen LogP contribution in [0.1, 0.15) is 12.8 Å². The van der Waals surface area contributed by atoms with Crippen molar-refractivity contribution in [3.8, 4) is 5.75 Å². The number of rotatable bonds is 4. The standard InChI is InChI=1S/C13H14ClNO4/c14-9-4-1-2-6-11(9)19-8-12(16)15-7-3-5-10(15)13(17)18/h1-2,4,6,10H,3,5,7-8H2,(H,17,18)/t10-/m1/s1. The number of aliphatic carboxylic acids is 1. The van der Waals surface area contributed by atoms with Gasteiger partial charge in [-0.15, -0.1) is 0 Å². The highest BCUT2D eigenvalue weighted by Crippen LogP contribution is 2.23. The van der Waals surface area contributed by atoms with Crippen LogP contribution < -0.4 is 4.74 Å². The zero-order chi connectivity index (χ0) is 13.8. The van der Waals surface area contributed by atoms with Gasteiger partial charge in [-0.1, -0.05) is 23.7 Å². The monoisotopic (exact) mass is 283 g/mol. The molecule has 1 aromatic carbocycles. The molecular weight excluding hydrogens is 270 g/mol. The summed E-state index contributed by atoms with van der Waals surface area (Å²) in [6, 6.07) is 6.10. The summed E-state index contributed by atoms with van der Waals surface area (Å²) in [6.07, 6.45) is 1.20. The van der Waals surface area contributed by atoms with E-state index in [0.717, 1.165) is 0 Å². The molecule has 19 heavy (non-hydrogen) atoms. The maximum atomic E-state index is 11.9.